The first-order chi connectivity index (χ1) is 7.83. The van der Waals surface area contributed by atoms with E-state index in [1.807, 2.05) is 12.1 Å². The van der Waals surface area contributed by atoms with Gasteiger partial charge in [0, 0.05) is 12.4 Å². The summed E-state index contributed by atoms with van der Waals surface area (Å²) in [6, 6.07) is 6.13. The van der Waals surface area contributed by atoms with E-state index >= 15 is 0 Å². The van der Waals surface area contributed by atoms with E-state index in [-0.39, 0.29) is 0 Å². The number of rotatable bonds is 1. The lowest BCUT2D eigenvalue weighted by Crippen LogP contribution is -1.85. The van der Waals surface area contributed by atoms with Gasteiger partial charge in [-0.1, -0.05) is 6.07 Å². The van der Waals surface area contributed by atoms with Crippen molar-refractivity contribution in [2.45, 2.75) is 6.92 Å². The predicted octanol–water partition coefficient (Wildman–Crippen LogP) is 2.33. The van der Waals surface area contributed by atoms with E-state index in [0.717, 1.165) is 22.6 Å². The lowest BCUT2D eigenvalue weighted by molar-refractivity contribution is 1.17. The topological polar surface area (TPSA) is 54.5 Å². The van der Waals surface area contributed by atoms with Crippen molar-refractivity contribution in [2.75, 3.05) is 0 Å². The highest BCUT2D eigenvalue weighted by Gasteiger charge is 2.05. The minimum Gasteiger partial charge on any atom is -0.337 e. The quantitative estimate of drug-likeness (QED) is 0.670. The normalized spacial score (nSPS) is 10.8. The van der Waals surface area contributed by atoms with Crippen LogP contribution in [0.1, 0.15) is 5.56 Å². The molecule has 0 fully saturated rings. The summed E-state index contributed by atoms with van der Waals surface area (Å²) in [6.07, 6.45) is 5.01. The first-order valence-electron chi connectivity index (χ1n) is 5.06. The molecular formula is C12H10N4. The Labute approximate surface area is 92.4 Å². The summed E-state index contributed by atoms with van der Waals surface area (Å²) in [4.78, 5) is 15.9. The van der Waals surface area contributed by atoms with Crippen molar-refractivity contribution in [2.24, 2.45) is 0 Å². The van der Waals surface area contributed by atoms with Gasteiger partial charge in [0.25, 0.3) is 0 Å². The highest BCUT2D eigenvalue weighted by Crippen LogP contribution is 2.18. The van der Waals surface area contributed by atoms with Crippen LogP contribution in [-0.4, -0.2) is 19.9 Å². The number of aryl methyl sites for hydroxylation is 1. The molecule has 0 aliphatic heterocycles. The van der Waals surface area contributed by atoms with Gasteiger partial charge in [-0.05, 0) is 24.6 Å². The number of H-pyrrole nitrogens is 1. The Balaban J connectivity index is 2.19. The Kier molecular flexibility index (Phi) is 1.93. The highest BCUT2D eigenvalue weighted by molar-refractivity contribution is 5.79. The second-order valence-corrected chi connectivity index (χ2v) is 3.70. The average molecular weight is 210 g/mol. The molecule has 4 heteroatoms. The maximum atomic E-state index is 4.49. The number of aromatic nitrogens is 4. The van der Waals surface area contributed by atoms with Crippen LogP contribution in [0.5, 0.6) is 0 Å². The minimum absolute atomic E-state index is 0.758. The van der Waals surface area contributed by atoms with Gasteiger partial charge < -0.3 is 4.98 Å². The molecule has 16 heavy (non-hydrogen) atoms. The summed E-state index contributed by atoms with van der Waals surface area (Å²) < 4.78 is 0. The summed E-state index contributed by atoms with van der Waals surface area (Å²) in [6.45, 7) is 2.05. The van der Waals surface area contributed by atoms with Crippen LogP contribution in [0.3, 0.4) is 0 Å². The molecule has 0 aliphatic carbocycles. The zero-order valence-corrected chi connectivity index (χ0v) is 8.81. The van der Waals surface area contributed by atoms with Crippen molar-refractivity contribution >= 4 is 11.0 Å². The van der Waals surface area contributed by atoms with Crippen molar-refractivity contribution in [1.29, 1.82) is 0 Å². The van der Waals surface area contributed by atoms with Crippen LogP contribution in [0, 0.1) is 6.92 Å². The molecule has 0 spiro atoms. The number of nitrogens with one attached hydrogen (secondary N) is 1. The minimum atomic E-state index is 0.758. The summed E-state index contributed by atoms with van der Waals surface area (Å²) in [7, 11) is 0. The maximum absolute atomic E-state index is 4.49. The van der Waals surface area contributed by atoms with Crippen molar-refractivity contribution in [1.82, 2.24) is 19.9 Å². The number of fused-ring (bicyclic) bond motifs is 1. The van der Waals surface area contributed by atoms with Crippen LogP contribution in [0.2, 0.25) is 0 Å². The Morgan fingerprint density at radius 1 is 1.19 bits per heavy atom. The van der Waals surface area contributed by atoms with E-state index < -0.39 is 0 Å². The van der Waals surface area contributed by atoms with Crippen LogP contribution in [0.4, 0.5) is 0 Å². The van der Waals surface area contributed by atoms with E-state index in [4.69, 9.17) is 0 Å². The largest absolute Gasteiger partial charge is 0.337 e. The standard InChI is InChI=1S/C12H10N4/c1-8-2-3-9-10(6-8)16-12(15-9)11-7-13-4-5-14-11/h2-7H,1H3,(H,15,16). The van der Waals surface area contributed by atoms with Gasteiger partial charge in [-0.3, -0.25) is 4.98 Å². The molecule has 0 radical (unpaired) electrons. The van der Waals surface area contributed by atoms with Gasteiger partial charge in [-0.15, -0.1) is 0 Å². The van der Waals surface area contributed by atoms with Gasteiger partial charge in [0.1, 0.15) is 5.69 Å². The van der Waals surface area contributed by atoms with Crippen LogP contribution in [-0.2, 0) is 0 Å². The molecule has 2 aromatic heterocycles. The van der Waals surface area contributed by atoms with Crippen molar-refractivity contribution < 1.29 is 0 Å². The van der Waals surface area contributed by atoms with Crippen molar-refractivity contribution in [3.8, 4) is 11.5 Å². The molecule has 78 valence electrons. The summed E-state index contributed by atoms with van der Waals surface area (Å²) in [5.41, 5.74) is 3.94. The third-order valence-corrected chi connectivity index (χ3v) is 2.44. The number of imidazole rings is 1. The van der Waals surface area contributed by atoms with E-state index in [1.54, 1.807) is 18.6 Å². The lowest BCUT2D eigenvalue weighted by Gasteiger charge is -1.91. The molecule has 0 aliphatic rings. The number of benzene rings is 1. The van der Waals surface area contributed by atoms with E-state index in [2.05, 4.69) is 32.9 Å². The maximum Gasteiger partial charge on any atom is 0.158 e. The fourth-order valence-corrected chi connectivity index (χ4v) is 1.66. The zero-order valence-electron chi connectivity index (χ0n) is 8.81. The molecule has 1 N–H and O–H groups in total. The van der Waals surface area contributed by atoms with Crippen LogP contribution >= 0.6 is 0 Å². The van der Waals surface area contributed by atoms with Crippen molar-refractivity contribution in [3.63, 3.8) is 0 Å². The summed E-state index contributed by atoms with van der Waals surface area (Å²) in [5, 5.41) is 0. The second-order valence-electron chi connectivity index (χ2n) is 3.70. The number of aromatic amines is 1. The molecular weight excluding hydrogens is 200 g/mol. The van der Waals surface area contributed by atoms with Gasteiger partial charge in [-0.2, -0.15) is 0 Å². The van der Waals surface area contributed by atoms with E-state index in [0.29, 0.717) is 0 Å². The Morgan fingerprint density at radius 2 is 2.12 bits per heavy atom. The fourth-order valence-electron chi connectivity index (χ4n) is 1.66. The van der Waals surface area contributed by atoms with Crippen LogP contribution < -0.4 is 0 Å². The fraction of sp³-hybridized carbons (Fsp3) is 0.0833. The van der Waals surface area contributed by atoms with Crippen LogP contribution in [0.15, 0.2) is 36.8 Å². The van der Waals surface area contributed by atoms with Gasteiger partial charge in [0.05, 0.1) is 17.2 Å². The van der Waals surface area contributed by atoms with Gasteiger partial charge in [-0.25, -0.2) is 9.97 Å². The lowest BCUT2D eigenvalue weighted by atomic mass is 10.2. The molecule has 0 bridgehead atoms. The third-order valence-electron chi connectivity index (χ3n) is 2.44. The SMILES string of the molecule is Cc1ccc2[nH]c(-c3cnccn3)nc2c1. The predicted molar refractivity (Wildman–Crippen MR) is 61.9 cm³/mol. The Morgan fingerprint density at radius 3 is 2.94 bits per heavy atom. The van der Waals surface area contributed by atoms with E-state index in [1.165, 1.54) is 5.56 Å². The molecule has 0 atom stereocenters. The Hall–Kier alpha value is -2.23. The molecule has 3 aromatic rings. The zero-order chi connectivity index (χ0) is 11.0. The first kappa shape index (κ1) is 9.03. The van der Waals surface area contributed by atoms with Gasteiger partial charge in [0.15, 0.2) is 5.82 Å². The molecule has 0 unspecified atom stereocenters. The van der Waals surface area contributed by atoms with Crippen LogP contribution in [0.25, 0.3) is 22.6 Å². The average Bonchev–Trinajstić information content (AvgIpc) is 2.73. The van der Waals surface area contributed by atoms with Crippen molar-refractivity contribution in [3.05, 3.63) is 42.4 Å². The third kappa shape index (κ3) is 1.44. The number of nitrogens with zero attached hydrogens (tertiary/aromatic N) is 3. The van der Waals surface area contributed by atoms with Gasteiger partial charge in [0.2, 0.25) is 0 Å². The molecule has 4 nitrogen and oxygen atoms in total. The smallest absolute Gasteiger partial charge is 0.158 e. The molecule has 2 heterocycles. The molecule has 0 saturated heterocycles. The molecule has 1 aromatic carbocycles. The monoisotopic (exact) mass is 210 g/mol. The van der Waals surface area contributed by atoms with Gasteiger partial charge >= 0.3 is 0 Å². The highest BCUT2D eigenvalue weighted by atomic mass is 15.0. The summed E-state index contributed by atoms with van der Waals surface area (Å²) in [5.74, 6) is 0.758. The molecule has 0 saturated carbocycles. The number of hydrogen-bond donors (Lipinski definition) is 1. The van der Waals surface area contributed by atoms with E-state index in [9.17, 15) is 0 Å². The molecule has 0 amide bonds. The summed E-state index contributed by atoms with van der Waals surface area (Å²) >= 11 is 0. The number of hydrogen-bond acceptors (Lipinski definition) is 3. The first-order valence-corrected chi connectivity index (χ1v) is 5.06. The second kappa shape index (κ2) is 3.41. The Bertz CT molecular complexity index is 628. The molecule has 3 rings (SSSR count).